The van der Waals surface area contributed by atoms with Crippen LogP contribution in [0.5, 0.6) is 0 Å². The van der Waals surface area contributed by atoms with E-state index >= 15 is 0 Å². The van der Waals surface area contributed by atoms with E-state index in [-0.39, 0.29) is 5.92 Å². The monoisotopic (exact) mass is 295 g/mol. The van der Waals surface area contributed by atoms with E-state index in [1.54, 1.807) is 0 Å². The van der Waals surface area contributed by atoms with E-state index in [0.29, 0.717) is 27.9 Å². The molecule has 0 aromatic heterocycles. The zero-order valence-corrected chi connectivity index (χ0v) is 13.5. The molecule has 0 aromatic carbocycles. The van der Waals surface area contributed by atoms with Crippen LogP contribution >= 0.6 is 0 Å². The quantitative estimate of drug-likeness (QED) is 0.640. The highest BCUT2D eigenvalue weighted by Crippen LogP contribution is 2.86. The molecule has 3 saturated heterocycles. The molecule has 10 atom stereocenters. The van der Waals surface area contributed by atoms with Crippen LogP contribution in [0.1, 0.15) is 45.4 Å². The Bertz CT molecular complexity index is 683. The normalized spacial score (nSPS) is 71.8. The van der Waals surface area contributed by atoms with Crippen LogP contribution in [0.2, 0.25) is 0 Å². The Morgan fingerprint density at radius 3 is 3.05 bits per heavy atom. The minimum absolute atomic E-state index is 0.238. The molecule has 22 heavy (non-hydrogen) atoms. The zero-order valence-electron chi connectivity index (χ0n) is 13.5. The van der Waals surface area contributed by atoms with Gasteiger partial charge in [0.2, 0.25) is 0 Å². The summed E-state index contributed by atoms with van der Waals surface area (Å²) in [5, 5.41) is 0. The summed E-state index contributed by atoms with van der Waals surface area (Å²) in [7, 11) is 0. The van der Waals surface area contributed by atoms with Crippen LogP contribution in [0.25, 0.3) is 0 Å². The summed E-state index contributed by atoms with van der Waals surface area (Å²) in [6, 6.07) is 1.59. The largest absolute Gasteiger partial charge is 0.299 e. The van der Waals surface area contributed by atoms with E-state index < -0.39 is 0 Å². The average molecular weight is 295 g/mol. The van der Waals surface area contributed by atoms with Crippen LogP contribution in [-0.4, -0.2) is 29.3 Å². The van der Waals surface area contributed by atoms with Gasteiger partial charge in [0.15, 0.2) is 0 Å². The summed E-state index contributed by atoms with van der Waals surface area (Å²) in [4.78, 5) is 16.4. The van der Waals surface area contributed by atoms with Gasteiger partial charge in [-0.05, 0) is 54.8 Å². The van der Waals surface area contributed by atoms with E-state index in [1.165, 1.54) is 44.2 Å². The predicted molar refractivity (Wildman–Crippen MR) is 83.1 cm³/mol. The fraction of sp³-hybridized carbons (Fsp3) is 0.850. The van der Waals surface area contributed by atoms with Gasteiger partial charge in [-0.15, -0.1) is 0 Å². The molecule has 116 valence electrons. The third-order valence-electron chi connectivity index (χ3n) is 9.94. The molecule has 6 aliphatic carbocycles. The molecule has 9 fully saturated rings. The highest BCUT2D eigenvalue weighted by molar-refractivity contribution is 5.91. The van der Waals surface area contributed by atoms with Crippen LogP contribution in [0.15, 0.2) is 12.2 Å². The van der Waals surface area contributed by atoms with Gasteiger partial charge in [0.1, 0.15) is 5.78 Å². The second kappa shape index (κ2) is 2.90. The van der Waals surface area contributed by atoms with E-state index in [0.717, 1.165) is 30.3 Å². The Morgan fingerprint density at radius 2 is 2.18 bits per heavy atom. The van der Waals surface area contributed by atoms with Crippen molar-refractivity contribution in [2.24, 2.45) is 39.9 Å². The van der Waals surface area contributed by atoms with E-state index in [9.17, 15) is 4.79 Å². The van der Waals surface area contributed by atoms with Crippen molar-refractivity contribution in [2.75, 3.05) is 6.54 Å². The minimum atomic E-state index is 0.238. The Morgan fingerprint density at radius 1 is 1.32 bits per heavy atom. The number of Topliss-reactive ketones (excluding diaryl/α,β-unsaturated/α-hetero) is 1. The standard InChI is InChI=1S/C20H25NO/c1-10-7-19-8-13-15-18(2)4-3-5-20(15)16(19)14(22)11(10)6-12(19)17(20)21(13)9-18/h11-13,15-17H,1,3-9H2,2H3/t11-,12-,13-,15+,16-,17+,18+,19-,20-/m0/s1. The predicted octanol–water partition coefficient (Wildman–Crippen LogP) is 3.03. The molecule has 9 aliphatic rings. The first-order valence-electron chi connectivity index (χ1n) is 9.50. The maximum atomic E-state index is 13.4. The van der Waals surface area contributed by atoms with Gasteiger partial charge in [0.05, 0.1) is 0 Å². The molecule has 2 heteroatoms. The van der Waals surface area contributed by atoms with Gasteiger partial charge in [-0.25, -0.2) is 0 Å². The van der Waals surface area contributed by atoms with Crippen LogP contribution in [0.3, 0.4) is 0 Å². The highest BCUT2D eigenvalue weighted by Gasteiger charge is 2.88. The molecule has 6 saturated carbocycles. The van der Waals surface area contributed by atoms with Gasteiger partial charge < -0.3 is 0 Å². The van der Waals surface area contributed by atoms with Gasteiger partial charge in [-0.3, -0.25) is 9.69 Å². The van der Waals surface area contributed by atoms with Crippen molar-refractivity contribution in [3.8, 4) is 0 Å². The average Bonchev–Trinajstić information content (AvgIpc) is 2.87. The van der Waals surface area contributed by atoms with Gasteiger partial charge in [-0.2, -0.15) is 0 Å². The number of ketones is 1. The van der Waals surface area contributed by atoms with Crippen LogP contribution in [-0.2, 0) is 4.79 Å². The Kier molecular flexibility index (Phi) is 1.56. The molecular formula is C20H25NO. The van der Waals surface area contributed by atoms with Gasteiger partial charge >= 0.3 is 0 Å². The topological polar surface area (TPSA) is 20.3 Å². The number of carbonyl (C=O) groups is 1. The molecule has 3 heterocycles. The number of carbonyl (C=O) groups excluding carboxylic acids is 1. The fourth-order valence-electron chi connectivity index (χ4n) is 10.2. The molecule has 0 aromatic rings. The van der Waals surface area contributed by atoms with Crippen molar-refractivity contribution in [2.45, 2.75) is 57.5 Å². The van der Waals surface area contributed by atoms with Crippen molar-refractivity contribution in [3.63, 3.8) is 0 Å². The first-order chi connectivity index (χ1) is 10.5. The van der Waals surface area contributed by atoms with Crippen LogP contribution < -0.4 is 0 Å². The second-order valence-corrected chi connectivity index (χ2v) is 10.3. The van der Waals surface area contributed by atoms with Crippen molar-refractivity contribution in [1.29, 1.82) is 0 Å². The lowest BCUT2D eigenvalue weighted by Gasteiger charge is -2.61. The smallest absolute Gasteiger partial charge is 0.144 e. The van der Waals surface area contributed by atoms with Crippen LogP contribution in [0, 0.1) is 39.9 Å². The summed E-state index contributed by atoms with van der Waals surface area (Å²) in [6.45, 7) is 8.24. The zero-order chi connectivity index (χ0) is 14.6. The van der Waals surface area contributed by atoms with Gasteiger partial charge in [0.25, 0.3) is 0 Å². The van der Waals surface area contributed by atoms with Gasteiger partial charge in [0, 0.05) is 35.9 Å². The molecule has 2 nitrogen and oxygen atoms in total. The molecule has 2 spiro atoms. The number of allylic oxidation sites excluding steroid dienone is 1. The summed E-state index contributed by atoms with van der Waals surface area (Å²) < 4.78 is 0. The Balaban J connectivity index is 1.55. The number of nitrogens with zero attached hydrogens (tertiary/aromatic N) is 1. The third kappa shape index (κ3) is 0.800. The second-order valence-electron chi connectivity index (χ2n) is 10.3. The third-order valence-corrected chi connectivity index (χ3v) is 9.94. The van der Waals surface area contributed by atoms with E-state index in [4.69, 9.17) is 0 Å². The lowest BCUT2D eigenvalue weighted by atomic mass is 9.41. The summed E-state index contributed by atoms with van der Waals surface area (Å²) in [5.41, 5.74) is 2.57. The van der Waals surface area contributed by atoms with Crippen LogP contribution in [0.4, 0.5) is 0 Å². The molecule has 0 radical (unpaired) electrons. The van der Waals surface area contributed by atoms with E-state index in [1.807, 2.05) is 0 Å². The number of rotatable bonds is 0. The summed E-state index contributed by atoms with van der Waals surface area (Å²) in [6.07, 6.45) is 7.84. The highest BCUT2D eigenvalue weighted by atomic mass is 16.1. The minimum Gasteiger partial charge on any atom is -0.299 e. The maximum Gasteiger partial charge on any atom is 0.144 e. The lowest BCUT2D eigenvalue weighted by molar-refractivity contribution is -0.159. The SMILES string of the molecule is C=C1C[C@]23C[C@H]4[C@@H]5[C@]6(C)CCC[C@]57[C@@H]([C@@H]2C[C@@H]1C(=O)[C@@H]37)N4C6. The molecule has 9 rings (SSSR count). The van der Waals surface area contributed by atoms with E-state index in [2.05, 4.69) is 18.4 Å². The molecule has 9 bridgehead atoms. The number of fused-ring (bicyclic) bond motifs is 1. The molecule has 1 unspecified atom stereocenters. The first kappa shape index (κ1) is 11.8. The molecule has 0 N–H and O–H groups in total. The lowest BCUT2D eigenvalue weighted by Crippen LogP contribution is -2.62. The summed E-state index contributed by atoms with van der Waals surface area (Å²) in [5.74, 6) is 2.98. The number of hydrogen-bond donors (Lipinski definition) is 0. The fourth-order valence-corrected chi connectivity index (χ4v) is 10.2. The Labute approximate surface area is 132 Å². The van der Waals surface area contributed by atoms with Crippen molar-refractivity contribution >= 4 is 5.78 Å². The van der Waals surface area contributed by atoms with Crippen molar-refractivity contribution < 1.29 is 4.79 Å². The van der Waals surface area contributed by atoms with Crippen molar-refractivity contribution in [3.05, 3.63) is 12.2 Å². The number of piperidine rings is 2. The number of hydrogen-bond acceptors (Lipinski definition) is 2. The molecule has 3 aliphatic heterocycles. The summed E-state index contributed by atoms with van der Waals surface area (Å²) >= 11 is 0. The first-order valence-corrected chi connectivity index (χ1v) is 9.50. The molecule has 0 amide bonds. The molecular weight excluding hydrogens is 270 g/mol. The Hall–Kier alpha value is -0.630. The van der Waals surface area contributed by atoms with Crippen molar-refractivity contribution in [1.82, 2.24) is 4.90 Å². The maximum absolute atomic E-state index is 13.4. The van der Waals surface area contributed by atoms with Gasteiger partial charge in [-0.1, -0.05) is 25.5 Å².